The van der Waals surface area contributed by atoms with Gasteiger partial charge < -0.3 is 5.11 Å². The number of sulfone groups is 1. The number of hydrogen-bond donors (Lipinski definition) is 1. The first kappa shape index (κ1) is 18.0. The molecule has 2 heterocycles. The highest BCUT2D eigenvalue weighted by molar-refractivity contribution is 7.90. The Labute approximate surface area is 146 Å². The van der Waals surface area contributed by atoms with E-state index in [1.54, 1.807) is 29.8 Å². The molecule has 0 bridgehead atoms. The maximum absolute atomic E-state index is 13.7. The molecule has 1 aromatic heterocycles. The molecule has 6 nitrogen and oxygen atoms in total. The molecule has 1 aliphatic rings. The lowest BCUT2D eigenvalue weighted by Gasteiger charge is -2.27. The first-order chi connectivity index (χ1) is 11.7. The Bertz CT molecular complexity index is 879. The molecule has 0 amide bonds. The Balaban J connectivity index is 1.70. The normalized spacial score (nSPS) is 16.6. The van der Waals surface area contributed by atoms with Crippen LogP contribution in [0.15, 0.2) is 24.3 Å². The molecule has 1 aromatic carbocycles. The summed E-state index contributed by atoms with van der Waals surface area (Å²) >= 11 is 0. The highest BCUT2D eigenvalue weighted by Gasteiger charge is 2.23. The zero-order valence-corrected chi connectivity index (χ0v) is 15.1. The second-order valence-corrected chi connectivity index (χ2v) is 8.87. The van der Waals surface area contributed by atoms with Crippen LogP contribution >= 0.6 is 0 Å². The molecule has 136 valence electrons. The van der Waals surface area contributed by atoms with Crippen molar-refractivity contribution in [2.45, 2.75) is 32.7 Å². The van der Waals surface area contributed by atoms with Crippen LogP contribution in [0.1, 0.15) is 28.6 Å². The minimum Gasteiger partial charge on any atom is -0.386 e. The van der Waals surface area contributed by atoms with E-state index in [1.165, 1.54) is 0 Å². The van der Waals surface area contributed by atoms with E-state index in [2.05, 4.69) is 10.00 Å². The van der Waals surface area contributed by atoms with Gasteiger partial charge in [0.1, 0.15) is 21.8 Å². The number of nitrogens with zero attached hydrogens (tertiary/aromatic N) is 3. The van der Waals surface area contributed by atoms with Crippen LogP contribution < -0.4 is 0 Å². The molecule has 2 aromatic rings. The Morgan fingerprint density at radius 2 is 2.08 bits per heavy atom. The van der Waals surface area contributed by atoms with E-state index in [0.717, 1.165) is 24.1 Å². The van der Waals surface area contributed by atoms with Gasteiger partial charge in [0.15, 0.2) is 0 Å². The highest BCUT2D eigenvalue weighted by atomic mass is 32.2. The van der Waals surface area contributed by atoms with Crippen LogP contribution in [-0.4, -0.2) is 46.8 Å². The Kier molecular flexibility index (Phi) is 4.95. The average Bonchev–Trinajstić information content (AvgIpc) is 2.93. The number of fused-ring (bicyclic) bond motifs is 1. The Hall–Kier alpha value is -1.77. The summed E-state index contributed by atoms with van der Waals surface area (Å²) in [6.07, 6.45) is -0.0259. The van der Waals surface area contributed by atoms with Gasteiger partial charge in [-0.25, -0.2) is 12.8 Å². The predicted molar refractivity (Wildman–Crippen MR) is 92.1 cm³/mol. The molecule has 25 heavy (non-hydrogen) atoms. The van der Waals surface area contributed by atoms with Gasteiger partial charge in [0.2, 0.25) is 0 Å². The second kappa shape index (κ2) is 6.86. The maximum atomic E-state index is 13.7. The zero-order chi connectivity index (χ0) is 18.2. The van der Waals surface area contributed by atoms with Gasteiger partial charge in [0.25, 0.3) is 0 Å². The fourth-order valence-corrected chi connectivity index (χ4v) is 3.75. The average molecular weight is 367 g/mol. The molecule has 0 unspecified atom stereocenters. The van der Waals surface area contributed by atoms with Crippen molar-refractivity contribution in [2.24, 2.45) is 0 Å². The molecule has 8 heteroatoms. The fraction of sp³-hybridized carbons (Fsp3) is 0.471. The van der Waals surface area contributed by atoms with Crippen LogP contribution in [0.2, 0.25) is 0 Å². The van der Waals surface area contributed by atoms with Crippen LogP contribution in [0.25, 0.3) is 0 Å². The van der Waals surface area contributed by atoms with Gasteiger partial charge in [-0.15, -0.1) is 0 Å². The van der Waals surface area contributed by atoms with E-state index in [9.17, 15) is 17.9 Å². The lowest BCUT2D eigenvalue weighted by Crippen LogP contribution is -2.33. The first-order valence-corrected chi connectivity index (χ1v) is 10.2. The third-order valence-electron chi connectivity index (χ3n) is 4.34. The van der Waals surface area contributed by atoms with Gasteiger partial charge >= 0.3 is 0 Å². The standard InChI is InChI=1S/C17H22FN3O3S/c1-12-3-4-13(7-15(12)18)9-20-5-6-21-14(10-20)8-16(19-21)17(22)11-25(2,23)24/h3-4,7-8,17,22H,5-6,9-11H2,1-2H3/t17-/m1/s1. The molecular weight excluding hydrogens is 345 g/mol. The summed E-state index contributed by atoms with van der Waals surface area (Å²) in [5.41, 5.74) is 2.84. The summed E-state index contributed by atoms with van der Waals surface area (Å²) in [4.78, 5) is 2.17. The van der Waals surface area contributed by atoms with Crippen molar-refractivity contribution in [1.29, 1.82) is 0 Å². The highest BCUT2D eigenvalue weighted by Crippen LogP contribution is 2.21. The summed E-state index contributed by atoms with van der Waals surface area (Å²) in [5, 5.41) is 14.4. The van der Waals surface area contributed by atoms with E-state index in [1.807, 2.05) is 6.07 Å². The summed E-state index contributed by atoms with van der Waals surface area (Å²) in [5.74, 6) is -0.541. The van der Waals surface area contributed by atoms with Gasteiger partial charge in [0, 0.05) is 25.9 Å². The van der Waals surface area contributed by atoms with E-state index < -0.39 is 15.9 Å². The molecule has 0 radical (unpaired) electrons. The van der Waals surface area contributed by atoms with E-state index in [4.69, 9.17) is 0 Å². The molecule has 0 aliphatic carbocycles. The Morgan fingerprint density at radius 1 is 1.32 bits per heavy atom. The molecule has 1 N–H and O–H groups in total. The van der Waals surface area contributed by atoms with Crippen molar-refractivity contribution in [1.82, 2.24) is 14.7 Å². The van der Waals surface area contributed by atoms with Crippen molar-refractivity contribution in [3.63, 3.8) is 0 Å². The predicted octanol–water partition coefficient (Wildman–Crippen LogP) is 1.42. The molecule has 1 aliphatic heterocycles. The lowest BCUT2D eigenvalue weighted by molar-refractivity contribution is 0.191. The first-order valence-electron chi connectivity index (χ1n) is 8.11. The minimum absolute atomic E-state index is 0.203. The molecular formula is C17H22FN3O3S. The summed E-state index contributed by atoms with van der Waals surface area (Å²) < 4.78 is 38.2. The zero-order valence-electron chi connectivity index (χ0n) is 14.3. The Morgan fingerprint density at radius 3 is 2.76 bits per heavy atom. The van der Waals surface area contributed by atoms with E-state index in [0.29, 0.717) is 30.9 Å². The monoisotopic (exact) mass is 367 g/mol. The van der Waals surface area contributed by atoms with E-state index >= 15 is 0 Å². The van der Waals surface area contributed by atoms with Crippen molar-refractivity contribution in [2.75, 3.05) is 18.6 Å². The van der Waals surface area contributed by atoms with Gasteiger partial charge in [0.05, 0.1) is 23.7 Å². The van der Waals surface area contributed by atoms with Gasteiger partial charge in [-0.3, -0.25) is 9.58 Å². The molecule has 0 saturated heterocycles. The lowest BCUT2D eigenvalue weighted by atomic mass is 10.1. The van der Waals surface area contributed by atoms with Crippen molar-refractivity contribution >= 4 is 9.84 Å². The topological polar surface area (TPSA) is 75.4 Å². The maximum Gasteiger partial charge on any atom is 0.150 e. The van der Waals surface area contributed by atoms with Gasteiger partial charge in [-0.05, 0) is 30.2 Å². The fourth-order valence-electron chi connectivity index (χ4n) is 3.01. The van der Waals surface area contributed by atoms with Crippen LogP contribution in [-0.2, 0) is 29.5 Å². The smallest absolute Gasteiger partial charge is 0.150 e. The number of aryl methyl sites for hydroxylation is 1. The van der Waals surface area contributed by atoms with Crippen molar-refractivity contribution in [3.05, 3.63) is 52.6 Å². The third kappa shape index (κ3) is 4.45. The van der Waals surface area contributed by atoms with E-state index in [-0.39, 0.29) is 11.6 Å². The minimum atomic E-state index is -3.28. The van der Waals surface area contributed by atoms with Gasteiger partial charge in [-0.2, -0.15) is 5.10 Å². The molecule has 1 atom stereocenters. The number of aliphatic hydroxyl groups excluding tert-OH is 1. The van der Waals surface area contributed by atoms with Gasteiger partial charge in [-0.1, -0.05) is 12.1 Å². The molecule has 3 rings (SSSR count). The van der Waals surface area contributed by atoms with Crippen molar-refractivity contribution in [3.8, 4) is 0 Å². The number of hydrogen-bond acceptors (Lipinski definition) is 5. The number of aliphatic hydroxyl groups is 1. The van der Waals surface area contributed by atoms with Crippen LogP contribution in [0.5, 0.6) is 0 Å². The third-order valence-corrected chi connectivity index (χ3v) is 5.26. The number of halogens is 1. The van der Waals surface area contributed by atoms with Crippen LogP contribution in [0.3, 0.4) is 0 Å². The second-order valence-electron chi connectivity index (χ2n) is 6.69. The number of benzene rings is 1. The summed E-state index contributed by atoms with van der Waals surface area (Å²) in [6.45, 7) is 4.39. The molecule has 0 fully saturated rings. The molecule has 0 saturated carbocycles. The quantitative estimate of drug-likeness (QED) is 0.865. The SMILES string of the molecule is Cc1ccc(CN2CCn3nc([C@H](O)CS(C)(=O)=O)cc3C2)cc1F. The van der Waals surface area contributed by atoms with Crippen LogP contribution in [0.4, 0.5) is 4.39 Å². The van der Waals surface area contributed by atoms with Crippen LogP contribution in [0, 0.1) is 12.7 Å². The summed E-state index contributed by atoms with van der Waals surface area (Å²) in [7, 11) is -3.28. The number of aromatic nitrogens is 2. The number of rotatable bonds is 5. The van der Waals surface area contributed by atoms with Crippen molar-refractivity contribution < 1.29 is 17.9 Å². The largest absolute Gasteiger partial charge is 0.386 e. The summed E-state index contributed by atoms with van der Waals surface area (Å²) in [6, 6.07) is 7.00. The molecule has 0 spiro atoms.